The fourth-order valence-electron chi connectivity index (χ4n) is 2.12. The molecule has 6 heteroatoms. The minimum Gasteiger partial charge on any atom is -0.377 e. The van der Waals surface area contributed by atoms with E-state index in [1.54, 1.807) is 0 Å². The second-order valence-corrected chi connectivity index (χ2v) is 6.48. The summed E-state index contributed by atoms with van der Waals surface area (Å²) < 4.78 is 32.2. The van der Waals surface area contributed by atoms with E-state index in [9.17, 15) is 8.42 Å². The molecule has 1 aliphatic heterocycles. The predicted octanol–water partition coefficient (Wildman–Crippen LogP) is 0.602. The van der Waals surface area contributed by atoms with E-state index in [0.29, 0.717) is 26.0 Å². The molecular formula is C11H24N2O3S. The first-order chi connectivity index (χ1) is 7.97. The number of nitrogens with one attached hydrogen (secondary N) is 1. The predicted molar refractivity (Wildman–Crippen MR) is 68.3 cm³/mol. The van der Waals surface area contributed by atoms with Crippen molar-refractivity contribution in [3.05, 3.63) is 0 Å². The second-order valence-electron chi connectivity index (χ2n) is 4.71. The van der Waals surface area contributed by atoms with Gasteiger partial charge in [0.1, 0.15) is 0 Å². The fourth-order valence-corrected chi connectivity index (χ4v) is 3.98. The number of ether oxygens (including phenoxy) is 1. The molecule has 1 saturated heterocycles. The minimum absolute atomic E-state index is 0.0503. The van der Waals surface area contributed by atoms with Crippen LogP contribution in [-0.4, -0.2) is 39.0 Å². The van der Waals surface area contributed by atoms with Crippen LogP contribution in [0, 0.1) is 0 Å². The number of sulfonamides is 1. The van der Waals surface area contributed by atoms with E-state index in [-0.39, 0.29) is 11.9 Å². The number of rotatable bonds is 7. The lowest BCUT2D eigenvalue weighted by molar-refractivity contribution is 0.127. The molecule has 0 aliphatic carbocycles. The highest BCUT2D eigenvalue weighted by molar-refractivity contribution is 7.89. The molecule has 0 amide bonds. The molecule has 0 aromatic heterocycles. The van der Waals surface area contributed by atoms with Crippen LogP contribution in [0.4, 0.5) is 0 Å². The van der Waals surface area contributed by atoms with Gasteiger partial charge in [0.2, 0.25) is 10.0 Å². The Morgan fingerprint density at radius 3 is 2.47 bits per heavy atom. The Bertz CT molecular complexity index is 311. The SMILES string of the molecule is CCC(CC)(CN)NS(=O)(=O)CC1CCCO1. The topological polar surface area (TPSA) is 81.4 Å². The molecule has 1 rings (SSSR count). The smallest absolute Gasteiger partial charge is 0.214 e. The van der Waals surface area contributed by atoms with Crippen molar-refractivity contribution in [2.45, 2.75) is 51.2 Å². The molecule has 0 radical (unpaired) electrons. The summed E-state index contributed by atoms with van der Waals surface area (Å²) in [6.07, 6.45) is 3.02. The van der Waals surface area contributed by atoms with Gasteiger partial charge in [-0.15, -0.1) is 0 Å². The van der Waals surface area contributed by atoms with Crippen molar-refractivity contribution in [3.63, 3.8) is 0 Å². The lowest BCUT2D eigenvalue weighted by Gasteiger charge is -2.31. The molecule has 1 heterocycles. The van der Waals surface area contributed by atoms with Crippen molar-refractivity contribution in [2.75, 3.05) is 18.9 Å². The molecule has 0 saturated carbocycles. The Morgan fingerprint density at radius 2 is 2.06 bits per heavy atom. The Kier molecular flexibility index (Phi) is 5.37. The van der Waals surface area contributed by atoms with Crippen molar-refractivity contribution >= 4 is 10.0 Å². The van der Waals surface area contributed by atoms with Crippen LogP contribution in [0.25, 0.3) is 0 Å². The average Bonchev–Trinajstić information content (AvgIpc) is 2.78. The third-order valence-corrected chi connectivity index (χ3v) is 5.10. The Hall–Kier alpha value is -0.170. The van der Waals surface area contributed by atoms with E-state index >= 15 is 0 Å². The van der Waals surface area contributed by atoms with E-state index in [1.807, 2.05) is 13.8 Å². The average molecular weight is 264 g/mol. The molecule has 1 aliphatic rings. The summed E-state index contributed by atoms with van der Waals surface area (Å²) in [7, 11) is -3.31. The molecule has 1 unspecified atom stereocenters. The zero-order valence-electron chi connectivity index (χ0n) is 10.7. The van der Waals surface area contributed by atoms with Gasteiger partial charge in [-0.3, -0.25) is 0 Å². The molecule has 102 valence electrons. The van der Waals surface area contributed by atoms with Gasteiger partial charge >= 0.3 is 0 Å². The quantitative estimate of drug-likeness (QED) is 0.705. The van der Waals surface area contributed by atoms with Crippen LogP contribution in [0.2, 0.25) is 0 Å². The van der Waals surface area contributed by atoms with E-state index in [1.165, 1.54) is 0 Å². The van der Waals surface area contributed by atoms with Gasteiger partial charge in [0.15, 0.2) is 0 Å². The van der Waals surface area contributed by atoms with E-state index in [2.05, 4.69) is 4.72 Å². The first-order valence-electron chi connectivity index (χ1n) is 6.30. The highest BCUT2D eigenvalue weighted by Gasteiger charge is 2.32. The summed E-state index contributed by atoms with van der Waals surface area (Å²) in [6, 6.07) is 0. The van der Waals surface area contributed by atoms with Crippen LogP contribution in [-0.2, 0) is 14.8 Å². The molecular weight excluding hydrogens is 240 g/mol. The van der Waals surface area contributed by atoms with Crippen LogP contribution in [0.1, 0.15) is 39.5 Å². The first kappa shape index (κ1) is 14.9. The van der Waals surface area contributed by atoms with E-state index in [4.69, 9.17) is 10.5 Å². The van der Waals surface area contributed by atoms with Crippen LogP contribution in [0.15, 0.2) is 0 Å². The van der Waals surface area contributed by atoms with Gasteiger partial charge in [0.25, 0.3) is 0 Å². The second kappa shape index (κ2) is 6.13. The molecule has 0 aromatic rings. The standard InChI is InChI=1S/C11H24N2O3S/c1-3-11(4-2,9-12)13-17(14,15)8-10-6-5-7-16-10/h10,13H,3-9,12H2,1-2H3. The zero-order valence-corrected chi connectivity index (χ0v) is 11.6. The van der Waals surface area contributed by atoms with E-state index < -0.39 is 15.6 Å². The number of nitrogens with two attached hydrogens (primary N) is 1. The lowest BCUT2D eigenvalue weighted by Crippen LogP contribution is -2.54. The molecule has 0 aromatic carbocycles. The van der Waals surface area contributed by atoms with Gasteiger partial charge in [0.05, 0.1) is 11.9 Å². The third-order valence-electron chi connectivity index (χ3n) is 3.55. The Balaban J connectivity index is 2.63. The van der Waals surface area contributed by atoms with Crippen LogP contribution in [0.5, 0.6) is 0 Å². The normalized spacial score (nSPS) is 21.9. The van der Waals surface area contributed by atoms with Gasteiger partial charge in [-0.1, -0.05) is 13.8 Å². The molecule has 1 fully saturated rings. The molecule has 0 bridgehead atoms. The maximum absolute atomic E-state index is 12.0. The summed E-state index contributed by atoms with van der Waals surface area (Å²) in [6.45, 7) is 4.89. The minimum atomic E-state index is -3.31. The van der Waals surface area contributed by atoms with E-state index in [0.717, 1.165) is 12.8 Å². The van der Waals surface area contributed by atoms with Crippen molar-refractivity contribution in [1.29, 1.82) is 0 Å². The Labute approximate surface area is 104 Å². The van der Waals surface area contributed by atoms with Gasteiger partial charge in [-0.05, 0) is 25.7 Å². The van der Waals surface area contributed by atoms with Gasteiger partial charge in [-0.25, -0.2) is 13.1 Å². The van der Waals surface area contributed by atoms with Gasteiger partial charge in [-0.2, -0.15) is 0 Å². The summed E-state index contributed by atoms with van der Waals surface area (Å²) in [5.41, 5.74) is 5.18. The lowest BCUT2D eigenvalue weighted by atomic mass is 9.95. The maximum Gasteiger partial charge on any atom is 0.214 e. The number of hydrogen-bond acceptors (Lipinski definition) is 4. The van der Waals surface area contributed by atoms with Crippen LogP contribution >= 0.6 is 0 Å². The highest BCUT2D eigenvalue weighted by atomic mass is 32.2. The largest absolute Gasteiger partial charge is 0.377 e. The van der Waals surface area contributed by atoms with Crippen molar-refractivity contribution in [1.82, 2.24) is 4.72 Å². The third kappa shape index (κ3) is 4.21. The summed E-state index contributed by atoms with van der Waals surface area (Å²) in [5, 5.41) is 0. The molecule has 17 heavy (non-hydrogen) atoms. The summed E-state index contributed by atoms with van der Waals surface area (Å²) >= 11 is 0. The molecule has 3 N–H and O–H groups in total. The zero-order chi connectivity index (χ0) is 12.9. The Morgan fingerprint density at radius 1 is 1.41 bits per heavy atom. The molecule has 0 spiro atoms. The highest BCUT2D eigenvalue weighted by Crippen LogP contribution is 2.18. The van der Waals surface area contributed by atoms with Crippen molar-refractivity contribution < 1.29 is 13.2 Å². The number of hydrogen-bond donors (Lipinski definition) is 2. The molecule has 1 atom stereocenters. The maximum atomic E-state index is 12.0. The van der Waals surface area contributed by atoms with Gasteiger partial charge in [0, 0.05) is 18.7 Å². The van der Waals surface area contributed by atoms with Crippen LogP contribution < -0.4 is 10.5 Å². The van der Waals surface area contributed by atoms with Crippen LogP contribution in [0.3, 0.4) is 0 Å². The molecule has 5 nitrogen and oxygen atoms in total. The summed E-state index contributed by atoms with van der Waals surface area (Å²) in [4.78, 5) is 0. The first-order valence-corrected chi connectivity index (χ1v) is 7.95. The monoisotopic (exact) mass is 264 g/mol. The van der Waals surface area contributed by atoms with Crippen molar-refractivity contribution in [2.24, 2.45) is 5.73 Å². The fraction of sp³-hybridized carbons (Fsp3) is 1.00. The van der Waals surface area contributed by atoms with Crippen molar-refractivity contribution in [3.8, 4) is 0 Å². The van der Waals surface area contributed by atoms with Gasteiger partial charge < -0.3 is 10.5 Å². The summed E-state index contributed by atoms with van der Waals surface area (Å²) in [5.74, 6) is 0.0503.